The number of rotatable bonds is 2. The Morgan fingerprint density at radius 3 is 2.71 bits per heavy atom. The fourth-order valence-corrected chi connectivity index (χ4v) is 5.80. The Labute approximate surface area is 274 Å². The summed E-state index contributed by atoms with van der Waals surface area (Å²) in [5, 5.41) is 12.8. The van der Waals surface area contributed by atoms with Gasteiger partial charge in [-0.15, -0.1) is 0 Å². The van der Waals surface area contributed by atoms with E-state index in [-0.39, 0.29) is 48.5 Å². The average Bonchev–Trinajstić information content (AvgIpc) is 3.76. The van der Waals surface area contributed by atoms with Gasteiger partial charge in [0.2, 0.25) is 0 Å². The number of fused-ring (bicyclic) bond motifs is 8. The van der Waals surface area contributed by atoms with Crippen molar-refractivity contribution in [2.24, 2.45) is 0 Å². The van der Waals surface area contributed by atoms with Crippen LogP contribution in [0.4, 0.5) is 4.39 Å². The van der Waals surface area contributed by atoms with E-state index < -0.39 is 23.9 Å². The van der Waals surface area contributed by atoms with Crippen LogP contribution in [0, 0.1) is 12.7 Å². The first-order valence-corrected chi connectivity index (χ1v) is 15.4. The highest BCUT2D eigenvalue weighted by molar-refractivity contribution is 5.96. The molecule has 3 aromatic heterocycles. The average molecular weight is 651 g/mol. The summed E-state index contributed by atoms with van der Waals surface area (Å²) < 4.78 is 32.4. The number of nitrogens with zero attached hydrogens (tertiary/aromatic N) is 3. The molecule has 0 saturated carbocycles. The molecule has 2 aliphatic rings. The number of H-pyrrole nitrogens is 1. The zero-order valence-electron chi connectivity index (χ0n) is 25.9. The molecule has 6 bridgehead atoms. The van der Waals surface area contributed by atoms with Gasteiger partial charge in [0.15, 0.2) is 18.1 Å². The summed E-state index contributed by atoms with van der Waals surface area (Å²) in [4.78, 5) is 45.8. The molecule has 0 unspecified atom stereocenters. The molecule has 0 aliphatic carbocycles. The van der Waals surface area contributed by atoms with Crippen molar-refractivity contribution in [3.63, 3.8) is 0 Å². The van der Waals surface area contributed by atoms with Crippen molar-refractivity contribution in [2.75, 3.05) is 19.7 Å². The molecule has 12 nitrogen and oxygen atoms in total. The summed E-state index contributed by atoms with van der Waals surface area (Å²) in [6.45, 7) is 2.02. The van der Waals surface area contributed by atoms with Gasteiger partial charge in [0.25, 0.3) is 17.7 Å². The molecular weight excluding hydrogens is 619 g/mol. The van der Waals surface area contributed by atoms with Crippen LogP contribution in [0.1, 0.15) is 38.6 Å². The highest BCUT2D eigenvalue weighted by atomic mass is 19.1. The monoisotopic (exact) mass is 650 g/mol. The second-order valence-electron chi connectivity index (χ2n) is 11.7. The van der Waals surface area contributed by atoms with E-state index in [1.807, 2.05) is 19.1 Å². The predicted molar refractivity (Wildman–Crippen MR) is 171 cm³/mol. The highest BCUT2D eigenvalue weighted by Gasteiger charge is 2.35. The zero-order valence-corrected chi connectivity index (χ0v) is 25.9. The van der Waals surface area contributed by atoms with E-state index in [9.17, 15) is 18.8 Å². The first-order valence-electron chi connectivity index (χ1n) is 15.4. The number of amides is 3. The van der Waals surface area contributed by atoms with Gasteiger partial charge in [-0.1, -0.05) is 12.1 Å². The van der Waals surface area contributed by atoms with Crippen molar-refractivity contribution in [3.05, 3.63) is 108 Å². The Morgan fingerprint density at radius 2 is 1.85 bits per heavy atom. The normalized spacial score (nSPS) is 18.2. The third kappa shape index (κ3) is 6.75. The molecule has 0 spiro atoms. The number of halogens is 1. The number of carbonyl (C=O) groups is 3. The van der Waals surface area contributed by atoms with Crippen molar-refractivity contribution >= 4 is 17.7 Å². The minimum atomic E-state index is -0.685. The number of hydrogen-bond acceptors (Lipinski definition) is 8. The van der Waals surface area contributed by atoms with Crippen LogP contribution in [0.3, 0.4) is 0 Å². The van der Waals surface area contributed by atoms with E-state index in [4.69, 9.17) is 13.9 Å². The van der Waals surface area contributed by atoms with Gasteiger partial charge in [0.05, 0.1) is 11.6 Å². The van der Waals surface area contributed by atoms with Crippen LogP contribution in [-0.2, 0) is 11.3 Å². The Balaban J connectivity index is 1.19. The number of aryl methyl sites for hydroxylation is 1. The maximum Gasteiger partial charge on any atom is 0.274 e. The number of pyridine rings is 1. The first-order chi connectivity index (χ1) is 23.3. The lowest BCUT2D eigenvalue weighted by Gasteiger charge is -2.38. The van der Waals surface area contributed by atoms with Gasteiger partial charge in [-0.3, -0.25) is 24.5 Å². The minimum Gasteiger partial charge on any atom is -0.488 e. The van der Waals surface area contributed by atoms with Gasteiger partial charge in [-0.05, 0) is 60.5 Å². The Bertz CT molecular complexity index is 2010. The largest absolute Gasteiger partial charge is 0.488 e. The van der Waals surface area contributed by atoms with Crippen LogP contribution in [0.2, 0.25) is 0 Å². The molecule has 5 heterocycles. The van der Waals surface area contributed by atoms with E-state index in [0.717, 1.165) is 11.3 Å². The maximum atomic E-state index is 14.7. The molecule has 2 atom stereocenters. The summed E-state index contributed by atoms with van der Waals surface area (Å²) in [6, 6.07) is 17.5. The topological polar surface area (TPSA) is 152 Å². The van der Waals surface area contributed by atoms with Crippen LogP contribution < -0.4 is 20.1 Å². The number of ether oxygens (including phenoxy) is 2. The van der Waals surface area contributed by atoms with Gasteiger partial charge < -0.3 is 29.4 Å². The van der Waals surface area contributed by atoms with Gasteiger partial charge in [-0.25, -0.2) is 4.39 Å². The molecule has 48 heavy (non-hydrogen) atoms. The second-order valence-corrected chi connectivity index (χ2v) is 11.7. The molecule has 7 rings (SSSR count). The molecular formula is C35H31FN6O6. The molecule has 244 valence electrons. The summed E-state index contributed by atoms with van der Waals surface area (Å²) in [6.07, 6.45) is 2.79. The standard InChI is InChI=1S/C35H31FN6O6/c1-20-5-6-31(47-20)28-14-29(41-40-28)35(45)42-8-7-32-30(18-42)39-34(44)24-11-23(16-37-17-24)22-3-2-4-26(12-22)46-19-33(43)38-15-21-9-25(36)13-27(10-21)48-32/h2-6,9-14,16-17,30,32H,7-8,15,18-19H2,1H3,(H,38,43)(H,39,44)(H,40,41)/t30-,32+/m1/s1. The number of nitrogens with one attached hydrogen (secondary N) is 3. The number of piperidine rings is 1. The van der Waals surface area contributed by atoms with Crippen molar-refractivity contribution in [2.45, 2.75) is 32.0 Å². The maximum absolute atomic E-state index is 14.7. The summed E-state index contributed by atoms with van der Waals surface area (Å²) in [5.74, 6) is 0.271. The molecule has 0 radical (unpaired) electrons. The first kappa shape index (κ1) is 30.7. The number of hydrogen-bond donors (Lipinski definition) is 3. The van der Waals surface area contributed by atoms with E-state index >= 15 is 0 Å². The SMILES string of the molecule is Cc1ccc(-c2cc(C(=O)N3CC[C@@H]4Oc5cc(F)cc(c5)CNC(=O)COc5cccc(c5)-c5cncc(c5)C(=O)N[C@@H]4C3)n[nH]2)o1. The van der Waals surface area contributed by atoms with Crippen LogP contribution in [0.25, 0.3) is 22.6 Å². The van der Waals surface area contributed by atoms with Crippen molar-refractivity contribution in [1.29, 1.82) is 0 Å². The zero-order chi connectivity index (χ0) is 33.2. The number of benzene rings is 2. The number of aromatic amines is 1. The lowest BCUT2D eigenvalue weighted by atomic mass is 10.00. The molecule has 1 fully saturated rings. The number of carbonyl (C=O) groups excluding carboxylic acids is 3. The number of likely N-dealkylation sites (tertiary alicyclic amines) is 1. The van der Waals surface area contributed by atoms with Gasteiger partial charge in [-0.2, -0.15) is 5.10 Å². The van der Waals surface area contributed by atoms with Crippen molar-refractivity contribution in [1.82, 2.24) is 30.7 Å². The van der Waals surface area contributed by atoms with Crippen molar-refractivity contribution in [3.8, 4) is 34.1 Å². The highest BCUT2D eigenvalue weighted by Crippen LogP contribution is 2.27. The minimum absolute atomic E-state index is 0.0458. The summed E-state index contributed by atoms with van der Waals surface area (Å²) in [7, 11) is 0. The fourth-order valence-electron chi connectivity index (χ4n) is 5.80. The van der Waals surface area contributed by atoms with E-state index in [1.54, 1.807) is 53.6 Å². The number of aromatic nitrogens is 3. The molecule has 1 saturated heterocycles. The van der Waals surface area contributed by atoms with E-state index in [0.29, 0.717) is 41.3 Å². The molecule has 3 N–H and O–H groups in total. The Kier molecular flexibility index (Phi) is 8.32. The van der Waals surface area contributed by atoms with Crippen LogP contribution in [-0.4, -0.2) is 69.6 Å². The van der Waals surface area contributed by atoms with Gasteiger partial charge >= 0.3 is 0 Å². The van der Waals surface area contributed by atoms with Crippen LogP contribution >= 0.6 is 0 Å². The lowest BCUT2D eigenvalue weighted by Crippen LogP contribution is -2.58. The second kappa shape index (κ2) is 13.0. The Morgan fingerprint density at radius 1 is 0.979 bits per heavy atom. The lowest BCUT2D eigenvalue weighted by molar-refractivity contribution is -0.123. The summed E-state index contributed by atoms with van der Waals surface area (Å²) >= 11 is 0. The molecule has 3 amide bonds. The van der Waals surface area contributed by atoms with Crippen molar-refractivity contribution < 1.29 is 32.7 Å². The quantitative estimate of drug-likeness (QED) is 0.256. The smallest absolute Gasteiger partial charge is 0.274 e. The van der Waals surface area contributed by atoms with Gasteiger partial charge in [0, 0.05) is 56.1 Å². The summed E-state index contributed by atoms with van der Waals surface area (Å²) in [5.41, 5.74) is 2.93. The number of furan rings is 1. The van der Waals surface area contributed by atoms with Crippen LogP contribution in [0.15, 0.2) is 83.5 Å². The van der Waals surface area contributed by atoms with E-state index in [1.165, 1.54) is 18.3 Å². The Hall–Kier alpha value is -5.98. The molecule has 13 heteroatoms. The predicted octanol–water partition coefficient (Wildman–Crippen LogP) is 4.28. The molecule has 2 aliphatic heterocycles. The van der Waals surface area contributed by atoms with Crippen LogP contribution in [0.5, 0.6) is 11.5 Å². The fraction of sp³-hybridized carbons (Fsp3) is 0.229. The van der Waals surface area contributed by atoms with Gasteiger partial charge in [0.1, 0.15) is 34.9 Å². The molecule has 2 aromatic carbocycles. The molecule has 5 aromatic rings. The van der Waals surface area contributed by atoms with E-state index in [2.05, 4.69) is 25.8 Å². The third-order valence-corrected chi connectivity index (χ3v) is 8.20. The third-order valence-electron chi connectivity index (χ3n) is 8.20.